The molecule has 6 nitrogen and oxygen atoms in total. The highest BCUT2D eigenvalue weighted by Gasteiger charge is 2.38. The van der Waals surface area contributed by atoms with Crippen molar-refractivity contribution in [3.05, 3.63) is 104 Å². The maximum absolute atomic E-state index is 13.4. The molecule has 10 heteroatoms. The minimum Gasteiger partial charge on any atom is -0.342 e. The van der Waals surface area contributed by atoms with Gasteiger partial charge in [0.05, 0.1) is 25.8 Å². The second-order valence-corrected chi connectivity index (χ2v) is 9.61. The van der Waals surface area contributed by atoms with Gasteiger partial charge in [-0.2, -0.15) is 0 Å². The molecule has 0 saturated carbocycles. The van der Waals surface area contributed by atoms with E-state index in [2.05, 4.69) is 5.32 Å². The van der Waals surface area contributed by atoms with E-state index in [0.717, 1.165) is 21.4 Å². The molecule has 0 atom stereocenters. The highest BCUT2D eigenvalue weighted by atomic mass is 35.5. The number of anilines is 1. The van der Waals surface area contributed by atoms with Crippen molar-refractivity contribution in [3.8, 4) is 0 Å². The van der Waals surface area contributed by atoms with Crippen LogP contribution in [0, 0.1) is 0 Å². The lowest BCUT2D eigenvalue weighted by molar-refractivity contribution is -0.122. The first-order valence-corrected chi connectivity index (χ1v) is 12.1. The Morgan fingerprint density at radius 3 is 2.39 bits per heavy atom. The van der Waals surface area contributed by atoms with E-state index in [1.165, 1.54) is 18.2 Å². The second-order valence-electron chi connectivity index (χ2n) is 8.01. The number of halogens is 4. The smallest absolute Gasteiger partial charge is 0.336 e. The number of fused-ring (bicyclic) bond motifs is 1. The van der Waals surface area contributed by atoms with Gasteiger partial charge in [-0.3, -0.25) is 14.9 Å². The van der Waals surface area contributed by atoms with Crippen LogP contribution in [0.5, 0.6) is 0 Å². The summed E-state index contributed by atoms with van der Waals surface area (Å²) in [6, 6.07) is 16.6. The molecule has 1 aliphatic rings. The zero-order chi connectivity index (χ0) is 25.6. The number of benzene rings is 3. The lowest BCUT2D eigenvalue weighted by Gasteiger charge is -2.27. The lowest BCUT2D eigenvalue weighted by atomic mass is 10.1. The number of urea groups is 1. The van der Waals surface area contributed by atoms with Crippen molar-refractivity contribution in [3.63, 3.8) is 0 Å². The molecule has 180 valence electrons. The van der Waals surface area contributed by atoms with Gasteiger partial charge < -0.3 is 4.57 Å². The number of amides is 4. The number of aromatic nitrogens is 1. The Hall–Kier alpha value is -3.29. The largest absolute Gasteiger partial charge is 0.342 e. The number of rotatable bonds is 4. The molecule has 1 fully saturated rings. The number of para-hydroxylation sites is 1. The fourth-order valence-corrected chi connectivity index (χ4v) is 4.75. The minimum absolute atomic E-state index is 0.0228. The second kappa shape index (κ2) is 9.64. The average Bonchev–Trinajstić information content (AvgIpc) is 3.19. The third kappa shape index (κ3) is 4.38. The number of imide groups is 2. The number of barbiturate groups is 1. The maximum atomic E-state index is 13.4. The predicted molar refractivity (Wildman–Crippen MR) is 143 cm³/mol. The summed E-state index contributed by atoms with van der Waals surface area (Å²) in [5, 5.41) is 4.12. The van der Waals surface area contributed by atoms with Crippen LogP contribution < -0.4 is 10.2 Å². The van der Waals surface area contributed by atoms with Crippen LogP contribution in [0.3, 0.4) is 0 Å². The van der Waals surface area contributed by atoms with Gasteiger partial charge in [0.15, 0.2) is 0 Å². The Bertz CT molecular complexity index is 1610. The summed E-state index contributed by atoms with van der Waals surface area (Å²) in [6.07, 6.45) is 3.29. The Morgan fingerprint density at radius 1 is 0.833 bits per heavy atom. The van der Waals surface area contributed by atoms with Gasteiger partial charge in [-0.1, -0.05) is 76.7 Å². The molecule has 1 aliphatic heterocycles. The van der Waals surface area contributed by atoms with Gasteiger partial charge in [-0.05, 0) is 42.0 Å². The average molecular weight is 559 g/mol. The Morgan fingerprint density at radius 2 is 1.61 bits per heavy atom. The summed E-state index contributed by atoms with van der Waals surface area (Å²) in [7, 11) is 0. The van der Waals surface area contributed by atoms with Gasteiger partial charge >= 0.3 is 6.03 Å². The molecular weight excluding hydrogens is 544 g/mol. The molecule has 4 amide bonds. The van der Waals surface area contributed by atoms with Crippen LogP contribution in [0.1, 0.15) is 11.1 Å². The zero-order valence-corrected chi connectivity index (χ0v) is 21.3. The first-order chi connectivity index (χ1) is 17.2. The van der Waals surface area contributed by atoms with Crippen LogP contribution in [0.25, 0.3) is 17.0 Å². The van der Waals surface area contributed by atoms with Gasteiger partial charge in [-0.15, -0.1) is 0 Å². The normalized spacial score (nSPS) is 15.2. The summed E-state index contributed by atoms with van der Waals surface area (Å²) < 4.78 is 1.98. The van der Waals surface area contributed by atoms with Crippen LogP contribution in [-0.2, 0) is 16.1 Å². The van der Waals surface area contributed by atoms with E-state index >= 15 is 0 Å². The minimum atomic E-state index is -0.909. The van der Waals surface area contributed by atoms with Crippen molar-refractivity contribution in [2.24, 2.45) is 0 Å². The van der Waals surface area contributed by atoms with Crippen LogP contribution in [0.4, 0.5) is 10.5 Å². The molecule has 0 aliphatic carbocycles. The molecule has 4 aromatic rings. The fourth-order valence-electron chi connectivity index (χ4n) is 4.05. The molecule has 36 heavy (non-hydrogen) atoms. The van der Waals surface area contributed by atoms with E-state index in [9.17, 15) is 14.4 Å². The van der Waals surface area contributed by atoms with E-state index in [-0.39, 0.29) is 21.3 Å². The quantitative estimate of drug-likeness (QED) is 0.217. The summed E-state index contributed by atoms with van der Waals surface area (Å²) in [4.78, 5) is 39.4. The molecule has 1 N–H and O–H groups in total. The summed E-state index contributed by atoms with van der Waals surface area (Å²) in [5.74, 6) is -1.62. The van der Waals surface area contributed by atoms with Crippen molar-refractivity contribution >= 4 is 86.9 Å². The Balaban J connectivity index is 1.58. The van der Waals surface area contributed by atoms with Gasteiger partial charge in [0.2, 0.25) is 0 Å². The van der Waals surface area contributed by atoms with Crippen molar-refractivity contribution < 1.29 is 14.4 Å². The predicted octanol–water partition coefficient (Wildman–Crippen LogP) is 6.97. The van der Waals surface area contributed by atoms with Crippen molar-refractivity contribution in [2.75, 3.05) is 4.90 Å². The van der Waals surface area contributed by atoms with Crippen molar-refractivity contribution in [1.82, 2.24) is 9.88 Å². The summed E-state index contributed by atoms with van der Waals surface area (Å²) >= 11 is 24.5. The van der Waals surface area contributed by atoms with E-state index in [1.54, 1.807) is 18.2 Å². The fraction of sp³-hybridized carbons (Fsp3) is 0.0385. The molecular formula is C26H15Cl4N3O3. The topological polar surface area (TPSA) is 71.4 Å². The summed E-state index contributed by atoms with van der Waals surface area (Å²) in [6.45, 7) is 0.476. The molecule has 1 saturated heterocycles. The molecule has 0 radical (unpaired) electrons. The lowest BCUT2D eigenvalue weighted by Crippen LogP contribution is -2.54. The monoisotopic (exact) mass is 557 g/mol. The molecule has 2 heterocycles. The van der Waals surface area contributed by atoms with Crippen LogP contribution in [0.15, 0.2) is 72.4 Å². The van der Waals surface area contributed by atoms with Gasteiger partial charge in [0.1, 0.15) is 5.57 Å². The van der Waals surface area contributed by atoms with Gasteiger partial charge in [-0.25, -0.2) is 9.69 Å². The maximum Gasteiger partial charge on any atom is 0.336 e. The Kier molecular flexibility index (Phi) is 6.53. The third-order valence-electron chi connectivity index (χ3n) is 5.73. The molecule has 5 rings (SSSR count). The number of carbonyl (C=O) groups excluding carboxylic acids is 3. The molecule has 3 aromatic carbocycles. The molecule has 0 unspecified atom stereocenters. The van der Waals surface area contributed by atoms with E-state index in [0.29, 0.717) is 22.2 Å². The van der Waals surface area contributed by atoms with Crippen LogP contribution in [-0.4, -0.2) is 22.4 Å². The van der Waals surface area contributed by atoms with Gasteiger partial charge in [0.25, 0.3) is 11.8 Å². The number of carbonyl (C=O) groups is 3. The number of hydrogen-bond acceptors (Lipinski definition) is 3. The van der Waals surface area contributed by atoms with Crippen molar-refractivity contribution in [2.45, 2.75) is 6.54 Å². The first-order valence-electron chi connectivity index (χ1n) is 10.6. The van der Waals surface area contributed by atoms with Crippen molar-refractivity contribution in [1.29, 1.82) is 0 Å². The van der Waals surface area contributed by atoms with E-state index in [1.807, 2.05) is 41.1 Å². The van der Waals surface area contributed by atoms with E-state index in [4.69, 9.17) is 46.4 Å². The molecule has 1 aromatic heterocycles. The van der Waals surface area contributed by atoms with Crippen LogP contribution >= 0.6 is 46.4 Å². The Labute approximate surface area is 225 Å². The highest BCUT2D eigenvalue weighted by Crippen LogP contribution is 2.35. The zero-order valence-electron chi connectivity index (χ0n) is 18.3. The molecule has 0 bridgehead atoms. The standard InChI is InChI=1S/C26H15Cl4N3O3/c27-18-9-8-14(10-20(18)29)12-32-13-15(16-4-1-2-6-21(16)32)11-17-24(34)31-26(36)33(25(17)35)22-7-3-5-19(28)23(22)30/h1-11,13H,12H2,(H,31,34,36)/b17-11+. The third-order valence-corrected chi connectivity index (χ3v) is 7.28. The molecule has 0 spiro atoms. The van der Waals surface area contributed by atoms with Gasteiger partial charge in [0, 0.05) is 29.2 Å². The number of hydrogen-bond donors (Lipinski definition) is 1. The first kappa shape index (κ1) is 24.4. The number of nitrogens with one attached hydrogen (secondary N) is 1. The van der Waals surface area contributed by atoms with Crippen LogP contribution in [0.2, 0.25) is 20.1 Å². The SMILES string of the molecule is O=C1NC(=O)N(c2cccc(Cl)c2Cl)C(=O)/C1=C/c1cn(Cc2ccc(Cl)c(Cl)c2)c2ccccc12. The summed E-state index contributed by atoms with van der Waals surface area (Å²) in [5.41, 5.74) is 2.28. The highest BCUT2D eigenvalue weighted by molar-refractivity contribution is 6.46. The number of nitrogens with zero attached hydrogens (tertiary/aromatic N) is 2. The van der Waals surface area contributed by atoms with E-state index < -0.39 is 17.8 Å².